The summed E-state index contributed by atoms with van der Waals surface area (Å²) in [5.74, 6) is 6.24. The summed E-state index contributed by atoms with van der Waals surface area (Å²) >= 11 is 9.46. The highest BCUT2D eigenvalue weighted by molar-refractivity contribution is 8.09. The van der Waals surface area contributed by atoms with Crippen molar-refractivity contribution in [2.75, 3.05) is 0 Å². The predicted octanol–water partition coefficient (Wildman–Crippen LogP) is 10.3. The van der Waals surface area contributed by atoms with Crippen molar-refractivity contribution in [3.8, 4) is 0 Å². The monoisotopic (exact) mass is 659 g/mol. The second-order valence-corrected chi connectivity index (χ2v) is 21.0. The summed E-state index contributed by atoms with van der Waals surface area (Å²) in [7, 11) is 7.64. The number of thioether (sulfide) groups is 4. The molecule has 44 heavy (non-hydrogen) atoms. The van der Waals surface area contributed by atoms with Crippen LogP contribution in [0.5, 0.6) is 0 Å². The summed E-state index contributed by atoms with van der Waals surface area (Å²) < 4.78 is 2.85. The maximum atomic E-state index is 7.64. The van der Waals surface area contributed by atoms with Crippen LogP contribution in [-0.2, 0) is 0 Å². The van der Waals surface area contributed by atoms with Crippen molar-refractivity contribution in [3.63, 3.8) is 0 Å². The van der Waals surface area contributed by atoms with E-state index in [4.69, 9.17) is 7.85 Å². The Morgan fingerprint density at radius 1 is 0.432 bits per heavy atom. The number of fused-ring (bicyclic) bond motifs is 7. The van der Waals surface area contributed by atoms with Crippen LogP contribution in [0.1, 0.15) is 61.4 Å². The summed E-state index contributed by atoms with van der Waals surface area (Å²) in [5, 5.41) is 7.63. The van der Waals surface area contributed by atoms with E-state index in [9.17, 15) is 0 Å². The van der Waals surface area contributed by atoms with E-state index >= 15 is 0 Å². The maximum Gasteiger partial charge on any atom is 0.0730 e. The van der Waals surface area contributed by atoms with Crippen molar-refractivity contribution in [1.29, 1.82) is 0 Å². The molecule has 0 N–H and O–H groups in total. The summed E-state index contributed by atoms with van der Waals surface area (Å²) in [6, 6.07) is 19.0. The third kappa shape index (κ3) is 4.37. The molecule has 5 fully saturated rings. The number of rotatable bonds is 1. The van der Waals surface area contributed by atoms with Crippen LogP contribution in [0.3, 0.4) is 0 Å². The van der Waals surface area contributed by atoms with Crippen LogP contribution in [0.15, 0.2) is 48.5 Å². The van der Waals surface area contributed by atoms with Gasteiger partial charge in [-0.25, -0.2) is 0 Å². The van der Waals surface area contributed by atoms with Gasteiger partial charge in [-0.3, -0.25) is 0 Å². The van der Waals surface area contributed by atoms with E-state index in [1.807, 2.05) is 0 Å². The van der Waals surface area contributed by atoms with Crippen LogP contribution < -0.4 is 0 Å². The largest absolute Gasteiger partial charge is 0.335 e. The van der Waals surface area contributed by atoms with Crippen molar-refractivity contribution < 1.29 is 0 Å². The third-order valence-electron chi connectivity index (χ3n) is 13.9. The normalized spacial score (nSPS) is 50.5. The molecule has 2 radical (unpaired) electrons. The Labute approximate surface area is 284 Å². The van der Waals surface area contributed by atoms with Crippen molar-refractivity contribution >= 4 is 76.7 Å². The van der Waals surface area contributed by atoms with Crippen LogP contribution in [0.4, 0.5) is 0 Å². The lowest BCUT2D eigenvalue weighted by Crippen LogP contribution is -2.62. The second-order valence-electron chi connectivity index (χ2n) is 15.6. The Balaban J connectivity index is 1.30. The molecule has 8 rings (SSSR count). The van der Waals surface area contributed by atoms with Gasteiger partial charge in [0.15, 0.2) is 0 Å². The van der Waals surface area contributed by atoms with Crippen molar-refractivity contribution in [2.24, 2.45) is 47.3 Å². The minimum Gasteiger partial charge on any atom is -0.335 e. The lowest BCUT2D eigenvalue weighted by Gasteiger charge is -2.62. The second kappa shape index (κ2) is 11.4. The molecule has 2 aliphatic heterocycles. The van der Waals surface area contributed by atoms with Crippen molar-refractivity contribution in [1.82, 2.24) is 4.57 Å². The molecule has 2 aromatic carbocycles. The van der Waals surface area contributed by atoms with Crippen LogP contribution in [0.2, 0.25) is 5.82 Å². The Hall–Kier alpha value is -0.295. The first-order valence-corrected chi connectivity index (χ1v) is 21.2. The van der Waals surface area contributed by atoms with E-state index in [1.54, 1.807) is 0 Å². The zero-order chi connectivity index (χ0) is 30.8. The van der Waals surface area contributed by atoms with Crippen molar-refractivity contribution in [3.05, 3.63) is 48.5 Å². The summed E-state index contributed by atoms with van der Waals surface area (Å²) in [4.78, 5) is 0. The van der Waals surface area contributed by atoms with Gasteiger partial charge in [0, 0.05) is 63.8 Å². The molecule has 0 spiro atoms. The number of aromatic nitrogens is 1. The van der Waals surface area contributed by atoms with Crippen LogP contribution in [-0.4, -0.2) is 54.4 Å². The van der Waals surface area contributed by atoms with Gasteiger partial charge in [0.1, 0.15) is 0 Å². The maximum absolute atomic E-state index is 7.64. The molecule has 234 valence electrons. The van der Waals surface area contributed by atoms with Crippen LogP contribution in [0, 0.1) is 47.3 Å². The minimum absolute atomic E-state index is 0.237. The smallest absolute Gasteiger partial charge is 0.0730 e. The molecule has 5 aliphatic rings. The lowest BCUT2D eigenvalue weighted by molar-refractivity contribution is 0.146. The lowest BCUT2D eigenvalue weighted by atomic mass is 9.68. The van der Waals surface area contributed by atoms with E-state index in [0.29, 0.717) is 48.0 Å². The third-order valence-corrected chi connectivity index (χ3v) is 22.4. The molecule has 3 saturated carbocycles. The fraction of sp³-hybridized carbons (Fsp3) is 0.684. The van der Waals surface area contributed by atoms with E-state index in [2.05, 4.69) is 156 Å². The number of hydrogen-bond donors (Lipinski definition) is 0. The molecule has 16 atom stereocenters. The number of nitrogens with zero attached hydrogens (tertiary/aromatic N) is 1. The fourth-order valence-corrected chi connectivity index (χ4v) is 20.0. The standard InChI is InChI=1S/C38H50BNS4/c1-17-19(3)23(7)33-31(21(17)5)41-35-29(39)36-38(44-34-24(8)20(4)18(2)22(6)32(34)42-36)30(37(35)43-33)40-27-15-11-9-13-25(27)26-14-10-12-16-28(26)40/h9-24,29-38H,1-8H3. The van der Waals surface area contributed by atoms with Gasteiger partial charge in [-0.2, -0.15) is 47.0 Å². The van der Waals surface area contributed by atoms with Gasteiger partial charge in [0.2, 0.25) is 0 Å². The van der Waals surface area contributed by atoms with Gasteiger partial charge in [-0.15, -0.1) is 0 Å². The topological polar surface area (TPSA) is 4.93 Å². The van der Waals surface area contributed by atoms with E-state index in [0.717, 1.165) is 47.3 Å². The first-order valence-electron chi connectivity index (χ1n) is 17.4. The van der Waals surface area contributed by atoms with Gasteiger partial charge in [-0.05, 0) is 59.5 Å². The molecule has 0 bridgehead atoms. The fourth-order valence-electron chi connectivity index (χ4n) is 10.3. The van der Waals surface area contributed by atoms with Gasteiger partial charge >= 0.3 is 0 Å². The first-order chi connectivity index (χ1) is 21.1. The molecule has 2 saturated heterocycles. The number of benzene rings is 2. The van der Waals surface area contributed by atoms with Gasteiger partial charge in [0.25, 0.3) is 0 Å². The summed E-state index contributed by atoms with van der Waals surface area (Å²) in [5.41, 5.74) is 2.84. The molecule has 3 heterocycles. The molecule has 1 aromatic heterocycles. The first kappa shape index (κ1) is 31.0. The molecular formula is C38H50BNS4. The van der Waals surface area contributed by atoms with E-state index in [1.165, 1.54) is 21.8 Å². The molecule has 3 aromatic rings. The predicted molar refractivity (Wildman–Crippen MR) is 202 cm³/mol. The van der Waals surface area contributed by atoms with E-state index < -0.39 is 0 Å². The quantitative estimate of drug-likeness (QED) is 0.240. The average molecular weight is 660 g/mol. The minimum atomic E-state index is 0.237. The molecular weight excluding hydrogens is 610 g/mol. The highest BCUT2D eigenvalue weighted by Crippen LogP contribution is 2.67. The summed E-state index contributed by atoms with van der Waals surface area (Å²) in [6.45, 7) is 20.4. The average Bonchev–Trinajstić information content (AvgIpc) is 3.37. The number of para-hydroxylation sites is 2. The zero-order valence-corrected chi connectivity index (χ0v) is 30.9. The number of hydrogen-bond acceptors (Lipinski definition) is 4. The van der Waals surface area contributed by atoms with Crippen LogP contribution in [0.25, 0.3) is 21.8 Å². The SMILES string of the molecule is [B]C1C2SC3C(C)C(C)C(C)C(C)C3SC2C(n2c3ccccc3c3ccccc32)C2SC3C(C)C(C)C(C)C(C)C3SC12. The van der Waals surface area contributed by atoms with Gasteiger partial charge < -0.3 is 4.57 Å². The highest BCUT2D eigenvalue weighted by atomic mass is 32.2. The molecule has 6 heteroatoms. The Bertz CT molecular complexity index is 1430. The van der Waals surface area contributed by atoms with Gasteiger partial charge in [-0.1, -0.05) is 97.6 Å². The molecule has 1 nitrogen and oxygen atoms in total. The molecule has 16 unspecified atom stereocenters. The van der Waals surface area contributed by atoms with E-state index in [-0.39, 0.29) is 5.82 Å². The Kier molecular flexibility index (Phi) is 8.04. The molecule has 3 aliphatic carbocycles. The van der Waals surface area contributed by atoms with Crippen molar-refractivity contribution in [2.45, 2.75) is 109 Å². The Morgan fingerprint density at radius 3 is 1.11 bits per heavy atom. The Morgan fingerprint density at radius 2 is 0.750 bits per heavy atom. The molecule has 0 amide bonds. The van der Waals surface area contributed by atoms with Gasteiger partial charge in [0.05, 0.1) is 13.9 Å². The summed E-state index contributed by atoms with van der Waals surface area (Å²) in [6.07, 6.45) is 0. The highest BCUT2D eigenvalue weighted by Gasteiger charge is 2.61. The van der Waals surface area contributed by atoms with Crippen LogP contribution >= 0.6 is 47.0 Å². The zero-order valence-electron chi connectivity index (χ0n) is 27.7.